The lowest BCUT2D eigenvalue weighted by Gasteiger charge is -2.15. The maximum Gasteiger partial charge on any atom is 0.573 e. The van der Waals surface area contributed by atoms with Crippen LogP contribution >= 0.6 is 0 Å². The number of ether oxygens (including phenoxy) is 1. The van der Waals surface area contributed by atoms with Gasteiger partial charge in [0.25, 0.3) is 0 Å². The van der Waals surface area contributed by atoms with Crippen LogP contribution < -0.4 is 15.8 Å². The Bertz CT molecular complexity index is 444. The lowest BCUT2D eigenvalue weighted by molar-refractivity contribution is -0.274. The van der Waals surface area contributed by atoms with Crippen LogP contribution in [0.5, 0.6) is 5.75 Å². The van der Waals surface area contributed by atoms with Gasteiger partial charge in [0.2, 0.25) is 5.91 Å². The summed E-state index contributed by atoms with van der Waals surface area (Å²) in [4.78, 5) is 11.6. The van der Waals surface area contributed by atoms with Gasteiger partial charge in [-0.2, -0.15) is 0 Å². The maximum atomic E-state index is 12.0. The SMILES string of the molecule is CC(C)C(N)C(=O)NCc1ccc(OC(F)(F)F)cc1. The summed E-state index contributed by atoms with van der Waals surface area (Å²) >= 11 is 0. The molecule has 1 rings (SSSR count). The van der Waals surface area contributed by atoms with E-state index in [0.29, 0.717) is 5.56 Å². The van der Waals surface area contributed by atoms with Crippen molar-refractivity contribution in [3.63, 3.8) is 0 Å². The topological polar surface area (TPSA) is 64.4 Å². The van der Waals surface area contributed by atoms with Crippen molar-refractivity contribution in [3.8, 4) is 5.75 Å². The van der Waals surface area contributed by atoms with Crippen molar-refractivity contribution in [1.82, 2.24) is 5.32 Å². The molecule has 0 fully saturated rings. The lowest BCUT2D eigenvalue weighted by Crippen LogP contribution is -2.43. The number of amides is 1. The zero-order chi connectivity index (χ0) is 15.3. The molecule has 20 heavy (non-hydrogen) atoms. The molecule has 1 atom stereocenters. The fourth-order valence-corrected chi connectivity index (χ4v) is 1.42. The molecular weight excluding hydrogens is 273 g/mol. The maximum absolute atomic E-state index is 12.0. The van der Waals surface area contributed by atoms with E-state index in [1.165, 1.54) is 24.3 Å². The molecule has 4 nitrogen and oxygen atoms in total. The standard InChI is InChI=1S/C13H17F3N2O2/c1-8(2)11(17)12(19)18-7-9-3-5-10(6-4-9)20-13(14,15)16/h3-6,8,11H,7,17H2,1-2H3,(H,18,19). The summed E-state index contributed by atoms with van der Waals surface area (Å²) < 4.78 is 39.6. The molecule has 0 aliphatic carbocycles. The van der Waals surface area contributed by atoms with Crippen LogP contribution in [0.15, 0.2) is 24.3 Å². The number of hydrogen-bond donors (Lipinski definition) is 2. The van der Waals surface area contributed by atoms with E-state index in [1.807, 2.05) is 13.8 Å². The molecule has 0 spiro atoms. The smallest absolute Gasteiger partial charge is 0.406 e. The molecule has 3 N–H and O–H groups in total. The zero-order valence-electron chi connectivity index (χ0n) is 11.2. The summed E-state index contributed by atoms with van der Waals surface area (Å²) in [6, 6.07) is 4.67. The van der Waals surface area contributed by atoms with Gasteiger partial charge in [-0.3, -0.25) is 4.79 Å². The van der Waals surface area contributed by atoms with Crippen molar-refractivity contribution in [1.29, 1.82) is 0 Å². The van der Waals surface area contributed by atoms with Gasteiger partial charge >= 0.3 is 6.36 Å². The van der Waals surface area contributed by atoms with Crippen LogP contribution in [0.4, 0.5) is 13.2 Å². The van der Waals surface area contributed by atoms with Crippen LogP contribution in [0.1, 0.15) is 19.4 Å². The van der Waals surface area contributed by atoms with Crippen molar-refractivity contribution >= 4 is 5.91 Å². The number of rotatable bonds is 5. The van der Waals surface area contributed by atoms with E-state index in [9.17, 15) is 18.0 Å². The summed E-state index contributed by atoms with van der Waals surface area (Å²) in [6.07, 6.45) is -4.71. The van der Waals surface area contributed by atoms with E-state index in [0.717, 1.165) is 0 Å². The molecule has 0 radical (unpaired) electrons. The Balaban J connectivity index is 2.52. The van der Waals surface area contributed by atoms with Gasteiger partial charge in [0.1, 0.15) is 5.75 Å². The van der Waals surface area contributed by atoms with E-state index in [1.54, 1.807) is 0 Å². The molecule has 1 aromatic carbocycles. The first-order chi connectivity index (χ1) is 9.19. The largest absolute Gasteiger partial charge is 0.573 e. The minimum absolute atomic E-state index is 0.0116. The van der Waals surface area contributed by atoms with E-state index < -0.39 is 12.4 Å². The van der Waals surface area contributed by atoms with Crippen molar-refractivity contribution in [2.24, 2.45) is 11.7 Å². The quantitative estimate of drug-likeness (QED) is 0.873. The van der Waals surface area contributed by atoms with Crippen LogP contribution in [0.25, 0.3) is 0 Å². The summed E-state index contributed by atoms with van der Waals surface area (Å²) in [5.74, 6) is -0.584. The predicted molar refractivity (Wildman–Crippen MR) is 67.8 cm³/mol. The molecule has 112 valence electrons. The first-order valence-corrected chi connectivity index (χ1v) is 6.07. The van der Waals surface area contributed by atoms with E-state index in [2.05, 4.69) is 10.1 Å². The van der Waals surface area contributed by atoms with Gasteiger partial charge in [-0.15, -0.1) is 13.2 Å². The number of nitrogens with one attached hydrogen (secondary N) is 1. The first kappa shape index (κ1) is 16.3. The number of halogens is 3. The number of hydrogen-bond acceptors (Lipinski definition) is 3. The monoisotopic (exact) mass is 290 g/mol. The van der Waals surface area contributed by atoms with E-state index >= 15 is 0 Å². The van der Waals surface area contributed by atoms with Crippen LogP contribution in [0.3, 0.4) is 0 Å². The number of alkyl halides is 3. The molecule has 0 aliphatic heterocycles. The van der Waals surface area contributed by atoms with Crippen molar-refractivity contribution in [2.45, 2.75) is 32.8 Å². The number of nitrogens with two attached hydrogens (primary N) is 1. The second kappa shape index (κ2) is 6.60. The molecule has 1 aromatic rings. The van der Waals surface area contributed by atoms with Crippen LogP contribution in [-0.2, 0) is 11.3 Å². The zero-order valence-corrected chi connectivity index (χ0v) is 11.2. The summed E-state index contributed by atoms with van der Waals surface area (Å²) in [7, 11) is 0. The predicted octanol–water partition coefficient (Wildman–Crippen LogP) is 2.18. The Morgan fingerprint density at radius 3 is 2.30 bits per heavy atom. The molecule has 1 unspecified atom stereocenters. The van der Waals surface area contributed by atoms with Crippen LogP contribution in [0.2, 0.25) is 0 Å². The summed E-state index contributed by atoms with van der Waals surface area (Å²) in [5, 5.41) is 2.62. The highest BCUT2D eigenvalue weighted by Crippen LogP contribution is 2.22. The van der Waals surface area contributed by atoms with Gasteiger partial charge in [0.05, 0.1) is 6.04 Å². The van der Waals surface area contributed by atoms with Gasteiger partial charge in [0, 0.05) is 6.54 Å². The summed E-state index contributed by atoms with van der Waals surface area (Å²) in [5.41, 5.74) is 6.32. The van der Waals surface area contributed by atoms with Crippen molar-refractivity contribution in [3.05, 3.63) is 29.8 Å². The minimum atomic E-state index is -4.71. The molecule has 0 aliphatic rings. The second-order valence-electron chi connectivity index (χ2n) is 4.68. The van der Waals surface area contributed by atoms with Crippen molar-refractivity contribution < 1.29 is 22.7 Å². The average molecular weight is 290 g/mol. The Labute approximate surface area is 115 Å². The Morgan fingerprint density at radius 2 is 1.85 bits per heavy atom. The van der Waals surface area contributed by atoms with Gasteiger partial charge in [0.15, 0.2) is 0 Å². The van der Waals surface area contributed by atoms with Gasteiger partial charge in [-0.05, 0) is 23.6 Å². The minimum Gasteiger partial charge on any atom is -0.406 e. The molecule has 7 heteroatoms. The number of carbonyl (C=O) groups is 1. The second-order valence-corrected chi connectivity index (χ2v) is 4.68. The summed E-state index contributed by atoms with van der Waals surface area (Å²) in [6.45, 7) is 3.85. The van der Waals surface area contributed by atoms with Crippen LogP contribution in [-0.4, -0.2) is 18.3 Å². The molecule has 0 aromatic heterocycles. The van der Waals surface area contributed by atoms with E-state index in [4.69, 9.17) is 5.73 Å². The highest BCUT2D eigenvalue weighted by Gasteiger charge is 2.30. The lowest BCUT2D eigenvalue weighted by atomic mass is 10.0. The van der Waals surface area contributed by atoms with Gasteiger partial charge < -0.3 is 15.8 Å². The first-order valence-electron chi connectivity index (χ1n) is 6.07. The molecule has 0 bridgehead atoms. The van der Waals surface area contributed by atoms with Crippen molar-refractivity contribution in [2.75, 3.05) is 0 Å². The highest BCUT2D eigenvalue weighted by atomic mass is 19.4. The fourth-order valence-electron chi connectivity index (χ4n) is 1.42. The Morgan fingerprint density at radius 1 is 1.30 bits per heavy atom. The average Bonchev–Trinajstić information content (AvgIpc) is 2.34. The Kier molecular flexibility index (Phi) is 5.38. The third-order valence-electron chi connectivity index (χ3n) is 2.64. The number of carbonyl (C=O) groups excluding carboxylic acids is 1. The fraction of sp³-hybridized carbons (Fsp3) is 0.462. The molecule has 0 saturated carbocycles. The van der Waals surface area contributed by atoms with E-state index in [-0.39, 0.29) is 24.1 Å². The molecule has 0 saturated heterocycles. The normalized spacial score (nSPS) is 13.2. The molecular formula is C13H17F3N2O2. The van der Waals surface area contributed by atoms with Gasteiger partial charge in [-0.1, -0.05) is 26.0 Å². The highest BCUT2D eigenvalue weighted by molar-refractivity contribution is 5.81. The third kappa shape index (κ3) is 5.48. The molecule has 0 heterocycles. The molecule has 1 amide bonds. The Hall–Kier alpha value is -1.76. The van der Waals surface area contributed by atoms with Crippen LogP contribution in [0, 0.1) is 5.92 Å². The number of benzene rings is 1. The van der Waals surface area contributed by atoms with Gasteiger partial charge in [-0.25, -0.2) is 0 Å². The third-order valence-corrected chi connectivity index (χ3v) is 2.64.